The van der Waals surface area contributed by atoms with Crippen LogP contribution in [0.3, 0.4) is 0 Å². The van der Waals surface area contributed by atoms with E-state index in [0.717, 1.165) is 38.2 Å². The second kappa shape index (κ2) is 3.89. The maximum atomic E-state index is 13.1. The molecule has 0 heterocycles. The van der Waals surface area contributed by atoms with Gasteiger partial charge in [-0.15, -0.1) is 0 Å². The molecule has 1 fully saturated rings. The van der Waals surface area contributed by atoms with Gasteiger partial charge in [0.1, 0.15) is 11.6 Å². The van der Waals surface area contributed by atoms with Crippen LogP contribution in [0.2, 0.25) is 0 Å². The Morgan fingerprint density at radius 2 is 1.47 bits per heavy atom. The zero-order chi connectivity index (χ0) is 10.9. The molecular formula is C12H15F2N. The van der Waals surface area contributed by atoms with Crippen LogP contribution in [-0.2, 0) is 5.54 Å². The van der Waals surface area contributed by atoms with Gasteiger partial charge < -0.3 is 5.73 Å². The fourth-order valence-electron chi connectivity index (χ4n) is 2.31. The third-order valence-electron chi connectivity index (χ3n) is 3.18. The lowest BCUT2D eigenvalue weighted by molar-refractivity contribution is 0.300. The molecule has 1 aromatic rings. The average Bonchev–Trinajstić information content (AvgIpc) is 2.17. The fraction of sp³-hybridized carbons (Fsp3) is 0.500. The summed E-state index contributed by atoms with van der Waals surface area (Å²) >= 11 is 0. The molecule has 3 heteroatoms. The van der Waals surface area contributed by atoms with Crippen molar-refractivity contribution in [2.24, 2.45) is 5.73 Å². The number of nitrogens with two attached hydrogens (primary N) is 1. The molecule has 0 amide bonds. The Labute approximate surface area is 88.3 Å². The molecule has 0 aromatic heterocycles. The monoisotopic (exact) mass is 211 g/mol. The molecule has 0 aliphatic heterocycles. The molecule has 0 radical (unpaired) electrons. The van der Waals surface area contributed by atoms with Crippen molar-refractivity contribution in [3.8, 4) is 0 Å². The third-order valence-corrected chi connectivity index (χ3v) is 3.18. The van der Waals surface area contributed by atoms with Crippen LogP contribution in [0.25, 0.3) is 0 Å². The van der Waals surface area contributed by atoms with E-state index in [2.05, 4.69) is 0 Å². The van der Waals surface area contributed by atoms with E-state index in [1.807, 2.05) is 0 Å². The van der Waals surface area contributed by atoms with E-state index in [1.54, 1.807) is 0 Å². The first-order valence-electron chi connectivity index (χ1n) is 5.36. The van der Waals surface area contributed by atoms with Crippen LogP contribution < -0.4 is 5.73 Å². The summed E-state index contributed by atoms with van der Waals surface area (Å²) < 4.78 is 26.1. The second-order valence-electron chi connectivity index (χ2n) is 4.37. The van der Waals surface area contributed by atoms with E-state index < -0.39 is 17.2 Å². The van der Waals surface area contributed by atoms with Crippen LogP contribution in [0, 0.1) is 11.6 Å². The van der Waals surface area contributed by atoms with Gasteiger partial charge in [-0.3, -0.25) is 0 Å². The zero-order valence-corrected chi connectivity index (χ0v) is 8.60. The molecule has 0 unspecified atom stereocenters. The Balaban J connectivity index is 2.34. The van der Waals surface area contributed by atoms with E-state index in [9.17, 15) is 8.78 Å². The van der Waals surface area contributed by atoms with Gasteiger partial charge in [-0.1, -0.05) is 19.3 Å². The van der Waals surface area contributed by atoms with Gasteiger partial charge in [0, 0.05) is 11.6 Å². The van der Waals surface area contributed by atoms with Crippen molar-refractivity contribution in [2.75, 3.05) is 0 Å². The van der Waals surface area contributed by atoms with Gasteiger partial charge >= 0.3 is 0 Å². The van der Waals surface area contributed by atoms with Crippen LogP contribution >= 0.6 is 0 Å². The molecule has 1 aliphatic carbocycles. The summed E-state index contributed by atoms with van der Waals surface area (Å²) in [6, 6.07) is 3.60. The van der Waals surface area contributed by atoms with E-state index in [4.69, 9.17) is 5.73 Å². The summed E-state index contributed by atoms with van der Waals surface area (Å²) in [5.41, 5.74) is 6.26. The quantitative estimate of drug-likeness (QED) is 0.759. The van der Waals surface area contributed by atoms with Crippen molar-refractivity contribution < 1.29 is 8.78 Å². The highest BCUT2D eigenvalue weighted by molar-refractivity contribution is 5.26. The van der Waals surface area contributed by atoms with Crippen molar-refractivity contribution >= 4 is 0 Å². The normalized spacial score (nSPS) is 20.2. The van der Waals surface area contributed by atoms with E-state index >= 15 is 0 Å². The summed E-state index contributed by atoms with van der Waals surface area (Å²) in [6.45, 7) is 0. The standard InChI is InChI=1S/C12H15F2N/c13-10-6-9(7-11(14)8-10)12(15)4-2-1-3-5-12/h6-8H,1-5,15H2. The smallest absolute Gasteiger partial charge is 0.126 e. The van der Waals surface area contributed by atoms with E-state index in [-0.39, 0.29) is 0 Å². The third kappa shape index (κ3) is 2.17. The number of halogens is 2. The SMILES string of the molecule is NC1(c2cc(F)cc(F)c2)CCCCC1. The molecule has 1 nitrogen and oxygen atoms in total. The molecule has 2 N–H and O–H groups in total. The van der Waals surface area contributed by atoms with Crippen molar-refractivity contribution in [3.63, 3.8) is 0 Å². The maximum Gasteiger partial charge on any atom is 0.126 e. The van der Waals surface area contributed by atoms with Gasteiger partial charge in [0.15, 0.2) is 0 Å². The molecule has 1 aromatic carbocycles. The number of hydrogen-bond acceptors (Lipinski definition) is 1. The highest BCUT2D eigenvalue weighted by Crippen LogP contribution is 2.35. The van der Waals surface area contributed by atoms with Crippen molar-refractivity contribution in [2.45, 2.75) is 37.6 Å². The van der Waals surface area contributed by atoms with Crippen molar-refractivity contribution in [1.29, 1.82) is 0 Å². The van der Waals surface area contributed by atoms with Crippen LogP contribution in [0.4, 0.5) is 8.78 Å². The second-order valence-corrected chi connectivity index (χ2v) is 4.37. The molecule has 1 aliphatic rings. The molecule has 2 rings (SSSR count). The molecule has 0 bridgehead atoms. The summed E-state index contributed by atoms with van der Waals surface area (Å²) in [5, 5.41) is 0. The Morgan fingerprint density at radius 3 is 2.00 bits per heavy atom. The summed E-state index contributed by atoms with van der Waals surface area (Å²) in [5.74, 6) is -1.08. The first-order chi connectivity index (χ1) is 7.10. The topological polar surface area (TPSA) is 26.0 Å². The van der Waals surface area contributed by atoms with Gasteiger partial charge in [-0.25, -0.2) is 8.78 Å². The van der Waals surface area contributed by atoms with Gasteiger partial charge in [0.25, 0.3) is 0 Å². The summed E-state index contributed by atoms with van der Waals surface area (Å²) in [4.78, 5) is 0. The van der Waals surface area contributed by atoms with Crippen LogP contribution in [0.1, 0.15) is 37.7 Å². The number of rotatable bonds is 1. The van der Waals surface area contributed by atoms with Crippen molar-refractivity contribution in [3.05, 3.63) is 35.4 Å². The minimum Gasteiger partial charge on any atom is -0.321 e. The van der Waals surface area contributed by atoms with Gasteiger partial charge in [0.2, 0.25) is 0 Å². The van der Waals surface area contributed by atoms with Crippen LogP contribution in [0.15, 0.2) is 18.2 Å². The lowest BCUT2D eigenvalue weighted by Gasteiger charge is -2.33. The van der Waals surface area contributed by atoms with Crippen LogP contribution in [0.5, 0.6) is 0 Å². The minimum absolute atomic E-state index is 0.527. The molecule has 0 atom stereocenters. The fourth-order valence-corrected chi connectivity index (χ4v) is 2.31. The Hall–Kier alpha value is -0.960. The first kappa shape index (κ1) is 10.6. The Morgan fingerprint density at radius 1 is 0.933 bits per heavy atom. The number of benzene rings is 1. The summed E-state index contributed by atoms with van der Waals surface area (Å²) in [6.07, 6.45) is 4.87. The predicted octanol–water partition coefficient (Wildman–Crippen LogP) is 3.08. The van der Waals surface area contributed by atoms with Crippen LogP contribution in [-0.4, -0.2) is 0 Å². The Bertz CT molecular complexity index is 336. The zero-order valence-electron chi connectivity index (χ0n) is 8.60. The van der Waals surface area contributed by atoms with Gasteiger partial charge in [0.05, 0.1) is 0 Å². The van der Waals surface area contributed by atoms with E-state index in [1.165, 1.54) is 12.1 Å². The molecular weight excluding hydrogens is 196 g/mol. The molecule has 82 valence electrons. The molecule has 0 saturated heterocycles. The summed E-state index contributed by atoms with van der Waals surface area (Å²) in [7, 11) is 0. The lowest BCUT2D eigenvalue weighted by Crippen LogP contribution is -2.38. The maximum absolute atomic E-state index is 13.1. The van der Waals surface area contributed by atoms with E-state index in [0.29, 0.717) is 5.56 Å². The molecule has 1 saturated carbocycles. The highest BCUT2D eigenvalue weighted by atomic mass is 19.1. The minimum atomic E-state index is -0.541. The van der Waals surface area contributed by atoms with Gasteiger partial charge in [-0.05, 0) is 30.5 Å². The average molecular weight is 211 g/mol. The molecule has 0 spiro atoms. The van der Waals surface area contributed by atoms with Crippen molar-refractivity contribution in [1.82, 2.24) is 0 Å². The Kier molecular flexibility index (Phi) is 2.74. The highest BCUT2D eigenvalue weighted by Gasteiger charge is 2.30. The number of hydrogen-bond donors (Lipinski definition) is 1. The first-order valence-corrected chi connectivity index (χ1v) is 5.36. The van der Waals surface area contributed by atoms with Gasteiger partial charge in [-0.2, -0.15) is 0 Å². The lowest BCUT2D eigenvalue weighted by atomic mass is 9.77. The predicted molar refractivity (Wildman–Crippen MR) is 55.3 cm³/mol. The molecule has 15 heavy (non-hydrogen) atoms. The largest absolute Gasteiger partial charge is 0.321 e.